The molecule has 12 heteroatoms. The summed E-state index contributed by atoms with van der Waals surface area (Å²) in [6.45, 7) is 1.60. The van der Waals surface area contributed by atoms with E-state index in [4.69, 9.17) is 4.74 Å². The highest BCUT2D eigenvalue weighted by Crippen LogP contribution is 2.27. The van der Waals surface area contributed by atoms with Crippen LogP contribution in [-0.4, -0.2) is 41.9 Å². The highest BCUT2D eigenvalue weighted by atomic mass is 19.4. The molecule has 0 spiro atoms. The zero-order valence-corrected chi connectivity index (χ0v) is 16.0. The van der Waals surface area contributed by atoms with Crippen LogP contribution in [-0.2, 0) is 6.42 Å². The number of carbonyl (C=O) groups excluding carboxylic acids is 1. The number of fused-ring (bicyclic) bond motifs is 1. The van der Waals surface area contributed by atoms with E-state index in [1.165, 1.54) is 30.9 Å². The zero-order valence-electron chi connectivity index (χ0n) is 16.0. The molecule has 9 nitrogen and oxygen atoms in total. The number of ether oxygens (including phenoxy) is 1. The van der Waals surface area contributed by atoms with Crippen LogP contribution in [0.25, 0.3) is 22.6 Å². The van der Waals surface area contributed by atoms with Gasteiger partial charge < -0.3 is 4.74 Å². The fourth-order valence-corrected chi connectivity index (χ4v) is 2.89. The van der Waals surface area contributed by atoms with E-state index in [0.29, 0.717) is 22.4 Å². The van der Waals surface area contributed by atoms with Crippen molar-refractivity contribution in [1.29, 1.82) is 0 Å². The quantitative estimate of drug-likeness (QED) is 0.529. The average molecular weight is 429 g/mol. The molecule has 0 bridgehead atoms. The molecule has 0 saturated heterocycles. The van der Waals surface area contributed by atoms with Gasteiger partial charge in [0.05, 0.1) is 30.0 Å². The second-order valence-electron chi connectivity index (χ2n) is 6.43. The number of halogens is 3. The van der Waals surface area contributed by atoms with Crippen molar-refractivity contribution in [2.45, 2.75) is 19.5 Å². The Labute approximate surface area is 172 Å². The molecule has 0 aliphatic heterocycles. The zero-order chi connectivity index (χ0) is 22.0. The van der Waals surface area contributed by atoms with Gasteiger partial charge in [-0.2, -0.15) is 13.2 Å². The number of nitrogens with one attached hydrogen (secondary N) is 1. The van der Waals surface area contributed by atoms with E-state index in [1.807, 2.05) is 0 Å². The van der Waals surface area contributed by atoms with Gasteiger partial charge in [0.15, 0.2) is 17.4 Å². The van der Waals surface area contributed by atoms with Gasteiger partial charge in [0, 0.05) is 30.2 Å². The summed E-state index contributed by atoms with van der Waals surface area (Å²) in [7, 11) is 0. The van der Waals surface area contributed by atoms with E-state index < -0.39 is 18.7 Å². The molecule has 0 aliphatic carbocycles. The minimum absolute atomic E-state index is 0.00284. The predicted octanol–water partition coefficient (Wildman–Crippen LogP) is 3.44. The maximum absolute atomic E-state index is 12.9. The summed E-state index contributed by atoms with van der Waals surface area (Å²) < 4.78 is 45.0. The summed E-state index contributed by atoms with van der Waals surface area (Å²) in [6, 6.07) is 3.10. The van der Waals surface area contributed by atoms with Crippen LogP contribution in [0, 0.1) is 6.92 Å². The number of rotatable bonds is 4. The third-order valence-corrected chi connectivity index (χ3v) is 4.20. The first-order valence-corrected chi connectivity index (χ1v) is 8.91. The Hall–Kier alpha value is -4.09. The second kappa shape index (κ2) is 7.97. The lowest BCUT2D eigenvalue weighted by Crippen LogP contribution is -2.26. The summed E-state index contributed by atoms with van der Waals surface area (Å²) >= 11 is 0. The number of pyridine rings is 1. The van der Waals surface area contributed by atoms with Crippen molar-refractivity contribution >= 4 is 17.0 Å². The van der Waals surface area contributed by atoms with E-state index in [0.717, 1.165) is 4.68 Å². The number of hydrogen-bond acceptors (Lipinski definition) is 7. The molecule has 1 amide bonds. The first kappa shape index (κ1) is 20.2. The SMILES string of the molecule is Cc1nc(-c2ncccn2)ncc1OC(=O)Nn1cc(CC(F)(F)F)c2ccncc21. The van der Waals surface area contributed by atoms with Gasteiger partial charge in [-0.1, -0.05) is 0 Å². The lowest BCUT2D eigenvalue weighted by Gasteiger charge is -2.10. The van der Waals surface area contributed by atoms with Gasteiger partial charge >= 0.3 is 12.3 Å². The van der Waals surface area contributed by atoms with Crippen LogP contribution in [0.3, 0.4) is 0 Å². The van der Waals surface area contributed by atoms with Crippen LogP contribution >= 0.6 is 0 Å². The number of alkyl halides is 3. The Morgan fingerprint density at radius 1 is 1.13 bits per heavy atom. The molecule has 4 rings (SSSR count). The predicted molar refractivity (Wildman–Crippen MR) is 103 cm³/mol. The Morgan fingerprint density at radius 2 is 1.90 bits per heavy atom. The topological polar surface area (TPSA) is 108 Å². The van der Waals surface area contributed by atoms with Gasteiger partial charge in [-0.15, -0.1) is 0 Å². The summed E-state index contributed by atoms with van der Waals surface area (Å²) in [6.07, 6.45) is 1.80. The van der Waals surface area contributed by atoms with Crippen molar-refractivity contribution in [3.05, 3.63) is 60.6 Å². The molecular formula is C19H14F3N7O2. The first-order chi connectivity index (χ1) is 14.8. The third kappa shape index (κ3) is 4.57. The number of aromatic nitrogens is 6. The van der Waals surface area contributed by atoms with Crippen LogP contribution in [0.5, 0.6) is 5.75 Å². The first-order valence-electron chi connectivity index (χ1n) is 8.91. The number of amides is 1. The van der Waals surface area contributed by atoms with Crippen molar-refractivity contribution in [1.82, 2.24) is 29.6 Å². The fraction of sp³-hybridized carbons (Fsp3) is 0.158. The normalized spacial score (nSPS) is 11.5. The molecule has 0 fully saturated rings. The molecule has 158 valence electrons. The molecule has 0 aromatic carbocycles. The smallest absolute Gasteiger partial charge is 0.406 e. The maximum atomic E-state index is 12.9. The summed E-state index contributed by atoms with van der Waals surface area (Å²) in [5.74, 6) is 0.637. The van der Waals surface area contributed by atoms with Gasteiger partial charge in [0.25, 0.3) is 0 Å². The van der Waals surface area contributed by atoms with E-state index in [1.54, 1.807) is 25.4 Å². The minimum Gasteiger partial charge on any atom is -0.406 e. The Bertz CT molecular complexity index is 1240. The molecule has 0 saturated carbocycles. The monoisotopic (exact) mass is 429 g/mol. The Morgan fingerprint density at radius 3 is 2.61 bits per heavy atom. The third-order valence-electron chi connectivity index (χ3n) is 4.20. The molecule has 0 aliphatic rings. The average Bonchev–Trinajstić information content (AvgIpc) is 3.06. The van der Waals surface area contributed by atoms with Crippen LogP contribution in [0.15, 0.2) is 49.3 Å². The van der Waals surface area contributed by atoms with E-state index in [2.05, 4.69) is 30.3 Å². The largest absolute Gasteiger partial charge is 0.432 e. The molecule has 4 aromatic rings. The van der Waals surface area contributed by atoms with E-state index in [-0.39, 0.29) is 17.1 Å². The van der Waals surface area contributed by atoms with Crippen LogP contribution in [0.4, 0.5) is 18.0 Å². The highest BCUT2D eigenvalue weighted by molar-refractivity contribution is 5.87. The molecule has 1 N–H and O–H groups in total. The van der Waals surface area contributed by atoms with Crippen molar-refractivity contribution in [3.63, 3.8) is 0 Å². The number of aryl methyl sites for hydroxylation is 1. The van der Waals surface area contributed by atoms with Gasteiger partial charge in [0.1, 0.15) is 0 Å². The van der Waals surface area contributed by atoms with Gasteiger partial charge in [-0.25, -0.2) is 30.2 Å². The lowest BCUT2D eigenvalue weighted by molar-refractivity contribution is -0.127. The minimum atomic E-state index is -4.40. The van der Waals surface area contributed by atoms with Crippen molar-refractivity contribution < 1.29 is 22.7 Å². The van der Waals surface area contributed by atoms with Crippen molar-refractivity contribution in [3.8, 4) is 17.4 Å². The molecule has 4 aromatic heterocycles. The fourth-order valence-electron chi connectivity index (χ4n) is 2.89. The molecule has 0 unspecified atom stereocenters. The van der Waals surface area contributed by atoms with Crippen molar-refractivity contribution in [2.75, 3.05) is 5.43 Å². The number of nitrogens with zero attached hydrogens (tertiary/aromatic N) is 6. The van der Waals surface area contributed by atoms with Gasteiger partial charge in [-0.05, 0) is 24.6 Å². The van der Waals surface area contributed by atoms with Crippen LogP contribution < -0.4 is 10.2 Å². The highest BCUT2D eigenvalue weighted by Gasteiger charge is 2.29. The molecule has 0 radical (unpaired) electrons. The van der Waals surface area contributed by atoms with Crippen LogP contribution in [0.2, 0.25) is 0 Å². The molecular weight excluding hydrogens is 415 g/mol. The van der Waals surface area contributed by atoms with Gasteiger partial charge in [0.2, 0.25) is 0 Å². The van der Waals surface area contributed by atoms with Crippen molar-refractivity contribution in [2.24, 2.45) is 0 Å². The lowest BCUT2D eigenvalue weighted by atomic mass is 10.1. The Balaban J connectivity index is 1.54. The van der Waals surface area contributed by atoms with Gasteiger partial charge in [-0.3, -0.25) is 9.66 Å². The standard InChI is InChI=1S/C19H14F3N7O2/c1-11-15(9-26-17(27-11)16-24-4-2-5-25-16)31-18(30)28-29-10-12(7-19(20,21)22)13-3-6-23-8-14(13)29/h2-6,8-10H,7H2,1H3,(H,28,30). The summed E-state index contributed by atoms with van der Waals surface area (Å²) in [5, 5.41) is 0.319. The Kier molecular flexibility index (Phi) is 5.19. The van der Waals surface area contributed by atoms with Crippen LogP contribution in [0.1, 0.15) is 11.3 Å². The summed E-state index contributed by atoms with van der Waals surface area (Å²) in [5.41, 5.74) is 3.02. The molecule has 0 atom stereocenters. The number of hydrogen-bond donors (Lipinski definition) is 1. The summed E-state index contributed by atoms with van der Waals surface area (Å²) in [4.78, 5) is 32.6. The number of carbonyl (C=O) groups is 1. The van der Waals surface area contributed by atoms with E-state index >= 15 is 0 Å². The second-order valence-corrected chi connectivity index (χ2v) is 6.43. The van der Waals surface area contributed by atoms with E-state index in [9.17, 15) is 18.0 Å². The maximum Gasteiger partial charge on any atom is 0.432 e. The molecule has 4 heterocycles. The molecule has 31 heavy (non-hydrogen) atoms.